The number of morpholine rings is 1. The molecule has 2 fully saturated rings. The Kier molecular flexibility index (Phi) is 4.42. The lowest BCUT2D eigenvalue weighted by molar-refractivity contribution is -0.153. The van der Waals surface area contributed by atoms with Crippen molar-refractivity contribution < 1.29 is 14.3 Å². The molecule has 0 spiro atoms. The fourth-order valence-electron chi connectivity index (χ4n) is 3.60. The average Bonchev–Trinajstić information content (AvgIpc) is 3.28. The first-order valence-electron chi connectivity index (χ1n) is 8.47. The molecule has 7 heteroatoms. The van der Waals surface area contributed by atoms with Crippen LogP contribution < -0.4 is 4.74 Å². The number of hydrogen-bond donors (Lipinski definition) is 1. The molecule has 2 aromatic rings. The zero-order chi connectivity index (χ0) is 17.2. The highest BCUT2D eigenvalue weighted by molar-refractivity contribution is 5.78. The molecule has 0 saturated carbocycles. The molecule has 2 saturated heterocycles. The van der Waals surface area contributed by atoms with Gasteiger partial charge >= 0.3 is 0 Å². The van der Waals surface area contributed by atoms with Crippen molar-refractivity contribution in [3.63, 3.8) is 0 Å². The first-order valence-corrected chi connectivity index (χ1v) is 8.47. The molecule has 2 atom stereocenters. The van der Waals surface area contributed by atoms with Crippen molar-refractivity contribution in [3.8, 4) is 5.75 Å². The number of carbonyl (C=O) groups excluding carboxylic acids is 1. The molecule has 0 bridgehead atoms. The van der Waals surface area contributed by atoms with Crippen LogP contribution in [0.15, 0.2) is 36.7 Å². The van der Waals surface area contributed by atoms with E-state index in [1.165, 1.54) is 0 Å². The second-order valence-corrected chi connectivity index (χ2v) is 6.52. The Morgan fingerprint density at radius 3 is 2.84 bits per heavy atom. The lowest BCUT2D eigenvalue weighted by Gasteiger charge is -2.36. The SMILES string of the molecule is COc1ccc(CN2C(=O)CO[C@H]3CN(Cc4ncc[nH]4)C[C@H]32)cc1. The Morgan fingerprint density at radius 1 is 1.28 bits per heavy atom. The number of likely N-dealkylation sites (tertiary alicyclic amines) is 1. The molecule has 4 rings (SSSR count). The van der Waals surface area contributed by atoms with Gasteiger partial charge in [-0.25, -0.2) is 4.98 Å². The summed E-state index contributed by atoms with van der Waals surface area (Å²) in [6.07, 6.45) is 3.65. The summed E-state index contributed by atoms with van der Waals surface area (Å²) in [5.74, 6) is 1.81. The molecule has 132 valence electrons. The van der Waals surface area contributed by atoms with Crippen LogP contribution in [-0.4, -0.2) is 64.6 Å². The van der Waals surface area contributed by atoms with Crippen molar-refractivity contribution in [2.24, 2.45) is 0 Å². The minimum absolute atomic E-state index is 0.0527. The first kappa shape index (κ1) is 16.1. The lowest BCUT2D eigenvalue weighted by atomic mass is 10.1. The summed E-state index contributed by atoms with van der Waals surface area (Å²) in [6.45, 7) is 3.12. The molecule has 2 aliphatic rings. The van der Waals surface area contributed by atoms with Crippen molar-refractivity contribution >= 4 is 5.91 Å². The highest BCUT2D eigenvalue weighted by Gasteiger charge is 2.43. The van der Waals surface area contributed by atoms with E-state index < -0.39 is 0 Å². The highest BCUT2D eigenvalue weighted by Crippen LogP contribution is 2.26. The van der Waals surface area contributed by atoms with Crippen LogP contribution in [0.1, 0.15) is 11.4 Å². The predicted molar refractivity (Wildman–Crippen MR) is 90.9 cm³/mol. The van der Waals surface area contributed by atoms with Crippen LogP contribution in [0.3, 0.4) is 0 Å². The maximum absolute atomic E-state index is 12.4. The van der Waals surface area contributed by atoms with Crippen LogP contribution >= 0.6 is 0 Å². The number of fused-ring (bicyclic) bond motifs is 1. The number of nitrogens with one attached hydrogen (secondary N) is 1. The molecule has 1 amide bonds. The Balaban J connectivity index is 1.45. The van der Waals surface area contributed by atoms with Gasteiger partial charge in [0, 0.05) is 32.0 Å². The fraction of sp³-hybridized carbons (Fsp3) is 0.444. The van der Waals surface area contributed by atoms with Crippen LogP contribution in [-0.2, 0) is 22.6 Å². The number of nitrogens with zero attached hydrogens (tertiary/aromatic N) is 3. The molecule has 1 aromatic carbocycles. The number of carbonyl (C=O) groups is 1. The minimum Gasteiger partial charge on any atom is -0.497 e. The van der Waals surface area contributed by atoms with Gasteiger partial charge in [0.1, 0.15) is 18.2 Å². The third-order valence-electron chi connectivity index (χ3n) is 4.89. The standard InChI is InChI=1S/C18H22N4O3/c1-24-14-4-2-13(3-5-14)8-22-15-9-21(11-17-19-6-7-20-17)10-16(15)25-12-18(22)23/h2-7,15-16H,8-12H2,1H3,(H,19,20)/t15-,16+/m1/s1. The fourth-order valence-corrected chi connectivity index (χ4v) is 3.60. The van der Waals surface area contributed by atoms with E-state index in [9.17, 15) is 4.79 Å². The quantitative estimate of drug-likeness (QED) is 0.879. The summed E-state index contributed by atoms with van der Waals surface area (Å²) in [4.78, 5) is 24.1. The van der Waals surface area contributed by atoms with E-state index >= 15 is 0 Å². The molecule has 1 aromatic heterocycles. The van der Waals surface area contributed by atoms with Gasteiger partial charge in [0.25, 0.3) is 0 Å². The number of benzene rings is 1. The maximum Gasteiger partial charge on any atom is 0.249 e. The number of rotatable bonds is 5. The van der Waals surface area contributed by atoms with Crippen LogP contribution in [0, 0.1) is 0 Å². The topological polar surface area (TPSA) is 70.7 Å². The molecule has 3 heterocycles. The predicted octanol–water partition coefficient (Wildman–Crippen LogP) is 1.03. The summed E-state index contributed by atoms with van der Waals surface area (Å²) < 4.78 is 11.0. The van der Waals surface area contributed by atoms with Gasteiger partial charge in [-0.05, 0) is 17.7 Å². The third-order valence-corrected chi connectivity index (χ3v) is 4.89. The number of imidazole rings is 1. The third kappa shape index (κ3) is 3.38. The molecule has 1 N–H and O–H groups in total. The summed E-state index contributed by atoms with van der Waals surface area (Å²) in [7, 11) is 1.65. The number of ether oxygens (including phenoxy) is 2. The van der Waals surface area contributed by atoms with E-state index in [4.69, 9.17) is 9.47 Å². The van der Waals surface area contributed by atoms with Gasteiger partial charge < -0.3 is 19.4 Å². The van der Waals surface area contributed by atoms with Gasteiger partial charge in [-0.1, -0.05) is 12.1 Å². The minimum atomic E-state index is 0.0527. The zero-order valence-electron chi connectivity index (χ0n) is 14.2. The molecule has 25 heavy (non-hydrogen) atoms. The van der Waals surface area contributed by atoms with E-state index in [1.807, 2.05) is 35.4 Å². The average molecular weight is 342 g/mol. The van der Waals surface area contributed by atoms with Crippen molar-refractivity contribution in [2.75, 3.05) is 26.8 Å². The Bertz CT molecular complexity index is 716. The molecule has 0 aliphatic carbocycles. The smallest absolute Gasteiger partial charge is 0.249 e. The van der Waals surface area contributed by atoms with Crippen LogP contribution in [0.2, 0.25) is 0 Å². The second kappa shape index (κ2) is 6.85. The Hall–Kier alpha value is -2.38. The van der Waals surface area contributed by atoms with Gasteiger partial charge in [-0.3, -0.25) is 9.69 Å². The Labute approximate surface area is 146 Å². The molecule has 7 nitrogen and oxygen atoms in total. The van der Waals surface area contributed by atoms with E-state index in [2.05, 4.69) is 14.9 Å². The van der Waals surface area contributed by atoms with Gasteiger partial charge in [0.05, 0.1) is 25.8 Å². The number of methoxy groups -OCH3 is 1. The van der Waals surface area contributed by atoms with E-state index in [-0.39, 0.29) is 24.7 Å². The van der Waals surface area contributed by atoms with Crippen LogP contribution in [0.5, 0.6) is 5.75 Å². The largest absolute Gasteiger partial charge is 0.497 e. The number of amides is 1. The van der Waals surface area contributed by atoms with Gasteiger partial charge in [-0.15, -0.1) is 0 Å². The summed E-state index contributed by atoms with van der Waals surface area (Å²) in [5, 5.41) is 0. The first-order chi connectivity index (χ1) is 12.2. The molecule has 0 unspecified atom stereocenters. The van der Waals surface area contributed by atoms with Crippen molar-refractivity contribution in [3.05, 3.63) is 48.0 Å². The molecular weight excluding hydrogens is 320 g/mol. The Morgan fingerprint density at radius 2 is 2.12 bits per heavy atom. The van der Waals surface area contributed by atoms with Gasteiger partial charge in [0.15, 0.2) is 0 Å². The van der Waals surface area contributed by atoms with E-state index in [0.29, 0.717) is 6.54 Å². The van der Waals surface area contributed by atoms with E-state index in [0.717, 1.165) is 36.8 Å². The maximum atomic E-state index is 12.4. The summed E-state index contributed by atoms with van der Waals surface area (Å²) >= 11 is 0. The van der Waals surface area contributed by atoms with E-state index in [1.54, 1.807) is 13.3 Å². The number of aromatic nitrogens is 2. The van der Waals surface area contributed by atoms with Crippen LogP contribution in [0.25, 0.3) is 0 Å². The van der Waals surface area contributed by atoms with Crippen LogP contribution in [0.4, 0.5) is 0 Å². The summed E-state index contributed by atoms with van der Waals surface area (Å²) in [6, 6.07) is 7.95. The monoisotopic (exact) mass is 342 g/mol. The number of aromatic amines is 1. The summed E-state index contributed by atoms with van der Waals surface area (Å²) in [5.41, 5.74) is 1.10. The second-order valence-electron chi connectivity index (χ2n) is 6.52. The number of hydrogen-bond acceptors (Lipinski definition) is 5. The normalized spacial score (nSPS) is 23.7. The molecule has 0 radical (unpaired) electrons. The van der Waals surface area contributed by atoms with Gasteiger partial charge in [-0.2, -0.15) is 0 Å². The van der Waals surface area contributed by atoms with Crippen molar-refractivity contribution in [1.29, 1.82) is 0 Å². The lowest BCUT2D eigenvalue weighted by Crippen LogP contribution is -2.53. The number of H-pyrrole nitrogens is 1. The van der Waals surface area contributed by atoms with Crippen molar-refractivity contribution in [2.45, 2.75) is 25.2 Å². The van der Waals surface area contributed by atoms with Crippen molar-refractivity contribution in [1.82, 2.24) is 19.8 Å². The molecule has 2 aliphatic heterocycles. The van der Waals surface area contributed by atoms with Gasteiger partial charge in [0.2, 0.25) is 5.91 Å². The molecular formula is C18H22N4O3. The zero-order valence-corrected chi connectivity index (χ0v) is 14.2. The highest BCUT2D eigenvalue weighted by atomic mass is 16.5.